The molecule has 1 aromatic carbocycles. The van der Waals surface area contributed by atoms with Crippen molar-refractivity contribution in [1.29, 1.82) is 0 Å². The van der Waals surface area contributed by atoms with E-state index < -0.39 is 15.1 Å². The number of amides is 1. The summed E-state index contributed by atoms with van der Waals surface area (Å²) < 4.78 is 29.8. The number of rotatable bonds is 5. The summed E-state index contributed by atoms with van der Waals surface area (Å²) in [5, 5.41) is 9.35. The number of hydrogen-bond donors (Lipinski definition) is 2. The molecule has 0 aliphatic heterocycles. The summed E-state index contributed by atoms with van der Waals surface area (Å²) >= 11 is 0. The largest absolute Gasteiger partial charge is 0.401 e. The van der Waals surface area contributed by atoms with E-state index in [-0.39, 0.29) is 38.5 Å². The lowest BCUT2D eigenvalue weighted by Crippen LogP contribution is -2.13. The molecule has 0 atom stereocenters. The Hall–Kier alpha value is -3.34. The van der Waals surface area contributed by atoms with Crippen LogP contribution in [0.3, 0.4) is 0 Å². The van der Waals surface area contributed by atoms with Crippen molar-refractivity contribution in [2.24, 2.45) is 0 Å². The van der Waals surface area contributed by atoms with Gasteiger partial charge in [0.15, 0.2) is 21.3 Å². The lowest BCUT2D eigenvalue weighted by atomic mass is 10.1. The first-order valence-electron chi connectivity index (χ1n) is 8.27. The number of carbonyl (C=O) groups excluding carboxylic acids is 1. The second-order valence-corrected chi connectivity index (χ2v) is 8.71. The highest BCUT2D eigenvalue weighted by atomic mass is 32.2. The molecule has 1 amide bonds. The maximum atomic E-state index is 12.2. The predicted octanol–water partition coefficient (Wildman–Crippen LogP) is 2.65. The number of benzene rings is 1. The van der Waals surface area contributed by atoms with Crippen molar-refractivity contribution >= 4 is 27.6 Å². The van der Waals surface area contributed by atoms with Crippen LogP contribution >= 0.6 is 0 Å². The van der Waals surface area contributed by atoms with E-state index in [9.17, 15) is 13.2 Å². The monoisotopic (exact) mass is 408 g/mol. The summed E-state index contributed by atoms with van der Waals surface area (Å²) in [4.78, 5) is 19.8. The molecule has 2 aromatic heterocycles. The molecule has 0 aliphatic carbocycles. The first-order chi connectivity index (χ1) is 13.2. The van der Waals surface area contributed by atoms with E-state index in [2.05, 4.69) is 25.5 Å². The number of sulfone groups is 1. The van der Waals surface area contributed by atoms with Gasteiger partial charge in [0, 0.05) is 16.8 Å². The van der Waals surface area contributed by atoms with E-state index in [1.807, 2.05) is 0 Å². The fourth-order valence-electron chi connectivity index (χ4n) is 2.30. The van der Waals surface area contributed by atoms with Gasteiger partial charge in [0.05, 0.1) is 22.0 Å². The Kier molecular flexibility index (Phi) is 5.10. The van der Waals surface area contributed by atoms with Crippen molar-refractivity contribution in [2.45, 2.75) is 30.9 Å². The molecule has 3 N–H and O–H groups in total. The average molecular weight is 408 g/mol. The fraction of sp³-hybridized carbons (Fsp3) is 0.235. The van der Waals surface area contributed by atoms with E-state index in [4.69, 9.17) is 10.2 Å². The van der Waals surface area contributed by atoms with Crippen LogP contribution in [0.5, 0.6) is 0 Å². The normalized spacial score (nSPS) is 11.6. The molecule has 0 radical (unpaired) electrons. The maximum Gasteiger partial charge on any atom is 0.322 e. The quantitative estimate of drug-likeness (QED) is 0.648. The number of anilines is 2. The minimum Gasteiger partial charge on any atom is -0.401 e. The van der Waals surface area contributed by atoms with E-state index >= 15 is 0 Å². The number of hydrogen-bond acceptors (Lipinski definition) is 9. The zero-order valence-electron chi connectivity index (χ0n) is 15.4. The van der Waals surface area contributed by atoms with Crippen LogP contribution in [0.15, 0.2) is 39.8 Å². The molecular weight excluding hydrogens is 384 g/mol. The zero-order valence-corrected chi connectivity index (χ0v) is 16.2. The lowest BCUT2D eigenvalue weighted by molar-refractivity contribution is -0.114. The van der Waals surface area contributed by atoms with Gasteiger partial charge in [-0.25, -0.2) is 18.4 Å². The van der Waals surface area contributed by atoms with Crippen molar-refractivity contribution in [3.63, 3.8) is 0 Å². The molecule has 3 aromatic rings. The van der Waals surface area contributed by atoms with E-state index in [0.29, 0.717) is 11.3 Å². The minimum atomic E-state index is -3.36. The van der Waals surface area contributed by atoms with Crippen molar-refractivity contribution in [3.05, 3.63) is 30.5 Å². The number of carbonyl (C=O) groups is 1. The summed E-state index contributed by atoms with van der Waals surface area (Å²) in [5.41, 5.74) is 7.09. The maximum absolute atomic E-state index is 12.2. The minimum absolute atomic E-state index is 0. The molecular formula is C17H24N6O4S. The Morgan fingerprint density at radius 2 is 1.89 bits per heavy atom. The molecule has 0 spiro atoms. The van der Waals surface area contributed by atoms with Crippen molar-refractivity contribution < 1.29 is 21.9 Å². The van der Waals surface area contributed by atoms with E-state index in [1.165, 1.54) is 25.3 Å². The first kappa shape index (κ1) is 19.4. The number of nitrogens with one attached hydrogen (secondary N) is 1. The highest BCUT2D eigenvalue weighted by Crippen LogP contribution is 2.27. The summed E-state index contributed by atoms with van der Waals surface area (Å²) in [6, 6.07) is 6.22. The van der Waals surface area contributed by atoms with Gasteiger partial charge in [-0.1, -0.05) is 17.2 Å². The number of nitrogens with zero attached hydrogens (tertiary/aromatic N) is 4. The van der Waals surface area contributed by atoms with Crippen LogP contribution in [0.2, 0.25) is 0 Å². The van der Waals surface area contributed by atoms with Crippen molar-refractivity contribution in [3.8, 4) is 22.8 Å². The summed E-state index contributed by atoms with van der Waals surface area (Å²) in [6.45, 7) is 4.56. The van der Waals surface area contributed by atoms with Gasteiger partial charge < -0.3 is 10.2 Å². The average Bonchev–Trinajstić information content (AvgIpc) is 3.09. The fourth-order valence-corrected chi connectivity index (χ4v) is 3.36. The Bertz CT molecular complexity index is 1140. The molecule has 0 saturated carbocycles. The highest BCUT2D eigenvalue weighted by Gasteiger charge is 2.20. The van der Waals surface area contributed by atoms with Gasteiger partial charge in [0.1, 0.15) is 0 Å². The standard InChI is InChI=1S/C17H18N6O4S.3H2/c1-9(2)28(25,26)12-6-4-11(5-7-12)13-8-19-15(18)14(21-13)16-22-23-17(27-16)20-10(3)24;;;/h4-9H,1-3H3,(H2,18,19)(H,20,23,24);3*1H. The molecule has 2 heterocycles. The molecule has 0 aliphatic rings. The topological polar surface area (TPSA) is 154 Å². The first-order valence-corrected chi connectivity index (χ1v) is 9.81. The molecule has 11 heteroatoms. The Labute approximate surface area is 165 Å². The van der Waals surface area contributed by atoms with Crippen LogP contribution in [-0.2, 0) is 14.6 Å². The Morgan fingerprint density at radius 1 is 1.21 bits per heavy atom. The molecule has 3 rings (SSSR count). The van der Waals surface area contributed by atoms with E-state index in [1.54, 1.807) is 26.0 Å². The highest BCUT2D eigenvalue weighted by molar-refractivity contribution is 7.92. The van der Waals surface area contributed by atoms with Crippen molar-refractivity contribution in [1.82, 2.24) is 20.2 Å². The smallest absolute Gasteiger partial charge is 0.322 e. The number of nitrogen functional groups attached to an aromatic ring is 1. The number of nitrogens with two attached hydrogens (primary N) is 1. The Morgan fingerprint density at radius 3 is 2.50 bits per heavy atom. The van der Waals surface area contributed by atoms with Crippen LogP contribution in [0.4, 0.5) is 11.8 Å². The van der Waals surface area contributed by atoms with Crippen molar-refractivity contribution in [2.75, 3.05) is 11.1 Å². The van der Waals surface area contributed by atoms with Gasteiger partial charge in [0.25, 0.3) is 5.89 Å². The number of aromatic nitrogens is 4. The third-order valence-corrected chi connectivity index (χ3v) is 5.98. The molecule has 28 heavy (non-hydrogen) atoms. The molecule has 0 unspecified atom stereocenters. The molecule has 10 nitrogen and oxygen atoms in total. The third-order valence-electron chi connectivity index (χ3n) is 3.81. The van der Waals surface area contributed by atoms with Gasteiger partial charge in [-0.2, -0.15) is 0 Å². The van der Waals surface area contributed by atoms with Crippen LogP contribution in [0, 0.1) is 0 Å². The zero-order chi connectivity index (χ0) is 20.5. The second kappa shape index (κ2) is 7.35. The van der Waals surface area contributed by atoms with Gasteiger partial charge in [0.2, 0.25) is 5.91 Å². The second-order valence-electron chi connectivity index (χ2n) is 6.20. The summed E-state index contributed by atoms with van der Waals surface area (Å²) in [5.74, 6) is -0.296. The van der Waals surface area contributed by atoms with Crippen LogP contribution in [0.25, 0.3) is 22.8 Å². The predicted molar refractivity (Wildman–Crippen MR) is 108 cm³/mol. The van der Waals surface area contributed by atoms with Crippen LogP contribution in [0.1, 0.15) is 25.1 Å². The molecule has 152 valence electrons. The lowest BCUT2D eigenvalue weighted by Gasteiger charge is -2.09. The van der Waals surface area contributed by atoms with Crippen LogP contribution < -0.4 is 11.1 Å². The van der Waals surface area contributed by atoms with Gasteiger partial charge in [-0.05, 0) is 26.0 Å². The molecule has 0 bridgehead atoms. The molecule has 0 fully saturated rings. The summed E-state index contributed by atoms with van der Waals surface area (Å²) in [6.07, 6.45) is 1.45. The van der Waals surface area contributed by atoms with Crippen LogP contribution in [-0.4, -0.2) is 39.7 Å². The Balaban J connectivity index is 0.00000300. The summed E-state index contributed by atoms with van der Waals surface area (Å²) in [7, 11) is -3.36. The SMILES string of the molecule is CC(=O)Nc1nnc(-c2nc(-c3ccc(S(=O)(=O)C(C)C)cc3)cnc2N)o1.[HH].[HH].[HH]. The molecule has 0 saturated heterocycles. The van der Waals surface area contributed by atoms with E-state index in [0.717, 1.165) is 0 Å². The van der Waals surface area contributed by atoms with Gasteiger partial charge >= 0.3 is 6.01 Å². The van der Waals surface area contributed by atoms with Gasteiger partial charge in [-0.15, -0.1) is 5.10 Å². The van der Waals surface area contributed by atoms with Gasteiger partial charge in [-0.3, -0.25) is 10.1 Å². The third kappa shape index (κ3) is 3.83.